The van der Waals surface area contributed by atoms with Crippen molar-refractivity contribution >= 4 is 26.7 Å². The summed E-state index contributed by atoms with van der Waals surface area (Å²) in [6, 6.07) is 5.00. The molecule has 1 unspecified atom stereocenters. The minimum absolute atomic E-state index is 0.167. The fourth-order valence-electron chi connectivity index (χ4n) is 3.12. The second-order valence-electron chi connectivity index (χ2n) is 6.06. The molecule has 132 valence electrons. The van der Waals surface area contributed by atoms with E-state index in [1.54, 1.807) is 12.1 Å². The Hall–Kier alpha value is -2.29. The van der Waals surface area contributed by atoms with Crippen LogP contribution in [0.3, 0.4) is 0 Å². The third-order valence-corrected chi connectivity index (χ3v) is 5.41. The number of nitrogens with zero attached hydrogens (tertiary/aromatic N) is 4. The molecule has 9 heteroatoms. The smallest absolute Gasteiger partial charge is 0.387 e. The van der Waals surface area contributed by atoms with Crippen molar-refractivity contribution in [2.45, 2.75) is 32.9 Å². The molecule has 0 bridgehead atoms. The van der Waals surface area contributed by atoms with Crippen molar-refractivity contribution in [2.75, 3.05) is 11.9 Å². The van der Waals surface area contributed by atoms with E-state index in [0.29, 0.717) is 21.3 Å². The highest BCUT2D eigenvalue weighted by Crippen LogP contribution is 2.34. The van der Waals surface area contributed by atoms with Gasteiger partial charge in [0, 0.05) is 19.5 Å². The summed E-state index contributed by atoms with van der Waals surface area (Å²) in [5, 5.41) is 12.3. The van der Waals surface area contributed by atoms with Crippen molar-refractivity contribution in [2.24, 2.45) is 5.92 Å². The van der Waals surface area contributed by atoms with Crippen LogP contribution in [0, 0.1) is 12.8 Å². The van der Waals surface area contributed by atoms with Crippen LogP contribution in [0.2, 0.25) is 0 Å². The van der Waals surface area contributed by atoms with Crippen molar-refractivity contribution in [3.63, 3.8) is 0 Å². The first-order valence-electron chi connectivity index (χ1n) is 8.07. The van der Waals surface area contributed by atoms with E-state index in [-0.39, 0.29) is 5.75 Å². The van der Waals surface area contributed by atoms with Crippen molar-refractivity contribution < 1.29 is 13.5 Å². The molecule has 6 nitrogen and oxygen atoms in total. The molecule has 1 atom stereocenters. The molecular weight excluding hydrogens is 348 g/mol. The number of fused-ring (bicyclic) bond motifs is 2. The van der Waals surface area contributed by atoms with E-state index in [9.17, 15) is 8.78 Å². The van der Waals surface area contributed by atoms with E-state index >= 15 is 0 Å². The predicted octanol–water partition coefficient (Wildman–Crippen LogP) is 3.47. The van der Waals surface area contributed by atoms with Gasteiger partial charge in [0.15, 0.2) is 5.13 Å². The lowest BCUT2D eigenvalue weighted by Gasteiger charge is -2.23. The number of hydrogen-bond acceptors (Lipinski definition) is 6. The molecule has 2 aromatic heterocycles. The van der Waals surface area contributed by atoms with E-state index in [0.717, 1.165) is 37.6 Å². The van der Waals surface area contributed by atoms with Gasteiger partial charge in [-0.2, -0.15) is 8.78 Å². The zero-order valence-corrected chi connectivity index (χ0v) is 14.4. The number of hydrogen-bond donors (Lipinski definition) is 1. The maximum atomic E-state index is 12.5. The number of ether oxygens (including phenoxy) is 1. The van der Waals surface area contributed by atoms with Crippen LogP contribution in [-0.2, 0) is 13.0 Å². The minimum Gasteiger partial charge on any atom is -0.433 e. The Kier molecular flexibility index (Phi) is 4.24. The van der Waals surface area contributed by atoms with Gasteiger partial charge in [-0.15, -0.1) is 10.2 Å². The molecule has 4 rings (SSSR count). The Balaban J connectivity index is 1.46. The third-order valence-electron chi connectivity index (χ3n) is 4.37. The number of halogens is 2. The van der Waals surface area contributed by atoms with Crippen molar-refractivity contribution in [1.82, 2.24) is 19.7 Å². The fourth-order valence-corrected chi connectivity index (χ4v) is 4.04. The number of anilines is 1. The molecule has 0 spiro atoms. The summed E-state index contributed by atoms with van der Waals surface area (Å²) in [4.78, 5) is 4.47. The molecule has 0 saturated carbocycles. The van der Waals surface area contributed by atoms with Crippen molar-refractivity contribution in [1.29, 1.82) is 0 Å². The molecule has 0 aliphatic carbocycles. The first-order chi connectivity index (χ1) is 12.1. The van der Waals surface area contributed by atoms with Crippen LogP contribution >= 0.6 is 11.3 Å². The topological polar surface area (TPSA) is 64.9 Å². The van der Waals surface area contributed by atoms with Crippen LogP contribution in [0.4, 0.5) is 13.9 Å². The second-order valence-corrected chi connectivity index (χ2v) is 7.06. The van der Waals surface area contributed by atoms with Gasteiger partial charge < -0.3 is 14.6 Å². The number of nitrogens with one attached hydrogen (secondary N) is 1. The summed E-state index contributed by atoms with van der Waals surface area (Å²) >= 11 is 1.33. The third kappa shape index (κ3) is 3.28. The average molecular weight is 365 g/mol. The van der Waals surface area contributed by atoms with E-state index in [4.69, 9.17) is 0 Å². The van der Waals surface area contributed by atoms with Crippen LogP contribution in [0.15, 0.2) is 18.2 Å². The molecular formula is C16H17F2N5OS. The number of benzene rings is 1. The van der Waals surface area contributed by atoms with Gasteiger partial charge in [0.05, 0.1) is 10.2 Å². The highest BCUT2D eigenvalue weighted by molar-refractivity contribution is 7.22. The zero-order chi connectivity index (χ0) is 17.4. The van der Waals surface area contributed by atoms with Crippen LogP contribution in [0.1, 0.15) is 18.1 Å². The molecule has 3 heterocycles. The number of aryl methyl sites for hydroxylation is 2. The van der Waals surface area contributed by atoms with Gasteiger partial charge in [-0.3, -0.25) is 0 Å². The molecule has 0 saturated heterocycles. The molecule has 0 fully saturated rings. The quantitative estimate of drug-likeness (QED) is 0.750. The van der Waals surface area contributed by atoms with Gasteiger partial charge in [0.25, 0.3) is 0 Å². The standard InChI is InChI=1S/C16H17F2N5OS/c1-9-21-22-13-6-5-10(8-23(9)13)7-19-16-20-11-3-2-4-12(14(11)25-16)24-15(17)18/h2-4,10,15H,5-8H2,1H3,(H,19,20). The van der Waals surface area contributed by atoms with Gasteiger partial charge in [-0.1, -0.05) is 17.4 Å². The van der Waals surface area contributed by atoms with E-state index < -0.39 is 6.61 Å². The van der Waals surface area contributed by atoms with E-state index in [2.05, 4.69) is 29.8 Å². The Morgan fingerprint density at radius 1 is 1.40 bits per heavy atom. The Bertz CT molecular complexity index is 894. The van der Waals surface area contributed by atoms with Gasteiger partial charge >= 0.3 is 6.61 Å². The van der Waals surface area contributed by atoms with Gasteiger partial charge in [0.2, 0.25) is 0 Å². The van der Waals surface area contributed by atoms with Crippen LogP contribution in [-0.4, -0.2) is 32.9 Å². The van der Waals surface area contributed by atoms with Crippen LogP contribution < -0.4 is 10.1 Å². The summed E-state index contributed by atoms with van der Waals surface area (Å²) < 4.78 is 32.4. The van der Waals surface area contributed by atoms with Crippen molar-refractivity contribution in [3.05, 3.63) is 29.8 Å². The Morgan fingerprint density at radius 2 is 2.28 bits per heavy atom. The number of thiazole rings is 1. The summed E-state index contributed by atoms with van der Waals surface area (Å²) in [5.41, 5.74) is 0.659. The largest absolute Gasteiger partial charge is 0.433 e. The maximum Gasteiger partial charge on any atom is 0.387 e. The lowest BCUT2D eigenvalue weighted by atomic mass is 9.99. The lowest BCUT2D eigenvalue weighted by molar-refractivity contribution is -0.0486. The SMILES string of the molecule is Cc1nnc2n1CC(CNc1nc3cccc(OC(F)F)c3s1)CC2. The summed E-state index contributed by atoms with van der Waals surface area (Å²) in [5.74, 6) is 2.60. The second kappa shape index (κ2) is 6.55. The Morgan fingerprint density at radius 3 is 3.12 bits per heavy atom. The van der Waals surface area contributed by atoms with Gasteiger partial charge in [0.1, 0.15) is 17.4 Å². The molecule has 1 N–H and O–H groups in total. The number of rotatable bonds is 5. The normalized spacial score (nSPS) is 17.0. The van der Waals surface area contributed by atoms with Gasteiger partial charge in [-0.05, 0) is 31.4 Å². The monoisotopic (exact) mass is 365 g/mol. The molecule has 0 radical (unpaired) electrons. The van der Waals surface area contributed by atoms with Crippen molar-refractivity contribution in [3.8, 4) is 5.75 Å². The van der Waals surface area contributed by atoms with Crippen LogP contribution in [0.5, 0.6) is 5.75 Å². The molecule has 1 aliphatic rings. The molecule has 0 amide bonds. The predicted molar refractivity (Wildman–Crippen MR) is 91.3 cm³/mol. The first kappa shape index (κ1) is 16.2. The molecule has 1 aliphatic heterocycles. The maximum absolute atomic E-state index is 12.5. The molecule has 3 aromatic rings. The number of aromatic nitrogens is 4. The lowest BCUT2D eigenvalue weighted by Crippen LogP contribution is -2.26. The minimum atomic E-state index is -2.84. The van der Waals surface area contributed by atoms with Crippen LogP contribution in [0.25, 0.3) is 10.2 Å². The zero-order valence-electron chi connectivity index (χ0n) is 13.6. The Labute approximate surface area is 146 Å². The number of alkyl halides is 2. The summed E-state index contributed by atoms with van der Waals surface area (Å²) in [6.07, 6.45) is 1.95. The summed E-state index contributed by atoms with van der Waals surface area (Å²) in [6.45, 7) is 0.769. The highest BCUT2D eigenvalue weighted by atomic mass is 32.1. The highest BCUT2D eigenvalue weighted by Gasteiger charge is 2.22. The molecule has 1 aromatic carbocycles. The molecule has 25 heavy (non-hydrogen) atoms. The van der Waals surface area contributed by atoms with E-state index in [1.165, 1.54) is 17.4 Å². The summed E-state index contributed by atoms with van der Waals surface area (Å²) in [7, 11) is 0. The first-order valence-corrected chi connectivity index (χ1v) is 8.88. The van der Waals surface area contributed by atoms with E-state index in [1.807, 2.05) is 6.92 Å². The average Bonchev–Trinajstić information content (AvgIpc) is 3.17. The fraction of sp³-hybridized carbons (Fsp3) is 0.438. The van der Waals surface area contributed by atoms with Gasteiger partial charge in [-0.25, -0.2) is 4.98 Å².